The van der Waals surface area contributed by atoms with Crippen LogP contribution < -0.4 is 20.9 Å². The Kier molecular flexibility index (Phi) is 7.04. The number of aromatic nitrogens is 2. The SMILES string of the molecule is COc1ccc(Cn2c(O)c(C=NC3CC[NH+](Cc4ccccc4)CC3)c(=O)[nH]c2=O)cc1. The van der Waals surface area contributed by atoms with Crippen molar-refractivity contribution < 1.29 is 14.7 Å². The Morgan fingerprint density at radius 1 is 1.09 bits per heavy atom. The lowest BCUT2D eigenvalue weighted by Crippen LogP contribution is -3.12. The minimum Gasteiger partial charge on any atom is -0.497 e. The van der Waals surface area contributed by atoms with Gasteiger partial charge in [-0.15, -0.1) is 0 Å². The summed E-state index contributed by atoms with van der Waals surface area (Å²) in [5, 5.41) is 10.7. The molecule has 1 saturated heterocycles. The van der Waals surface area contributed by atoms with Crippen LogP contribution in [0.5, 0.6) is 11.6 Å². The number of H-pyrrole nitrogens is 1. The van der Waals surface area contributed by atoms with Crippen molar-refractivity contribution in [2.45, 2.75) is 32.0 Å². The zero-order valence-corrected chi connectivity index (χ0v) is 18.7. The van der Waals surface area contributed by atoms with Gasteiger partial charge in [-0.3, -0.25) is 19.3 Å². The third-order valence-electron chi connectivity index (χ3n) is 6.08. The molecule has 1 aliphatic heterocycles. The third-order valence-corrected chi connectivity index (χ3v) is 6.08. The molecule has 4 rings (SSSR count). The first-order chi connectivity index (χ1) is 16.0. The molecule has 33 heavy (non-hydrogen) atoms. The summed E-state index contributed by atoms with van der Waals surface area (Å²) in [7, 11) is 1.58. The predicted octanol–water partition coefficient (Wildman–Crippen LogP) is 0.966. The van der Waals surface area contributed by atoms with Crippen LogP contribution in [-0.2, 0) is 13.1 Å². The highest BCUT2D eigenvalue weighted by atomic mass is 16.5. The van der Waals surface area contributed by atoms with Gasteiger partial charge in [0, 0.05) is 24.6 Å². The second kappa shape index (κ2) is 10.3. The largest absolute Gasteiger partial charge is 0.497 e. The molecular formula is C25H29N4O4+. The Morgan fingerprint density at radius 3 is 2.45 bits per heavy atom. The highest BCUT2D eigenvalue weighted by Crippen LogP contribution is 2.15. The molecule has 8 nitrogen and oxygen atoms in total. The number of methoxy groups -OCH3 is 1. The van der Waals surface area contributed by atoms with Crippen LogP contribution in [0, 0.1) is 0 Å². The van der Waals surface area contributed by atoms with Crippen LogP contribution in [0.2, 0.25) is 0 Å². The monoisotopic (exact) mass is 449 g/mol. The van der Waals surface area contributed by atoms with E-state index in [1.165, 1.54) is 16.7 Å². The average Bonchev–Trinajstić information content (AvgIpc) is 2.83. The molecular weight excluding hydrogens is 420 g/mol. The first kappa shape index (κ1) is 22.5. The molecule has 1 aromatic heterocycles. The molecule has 2 heterocycles. The van der Waals surface area contributed by atoms with Gasteiger partial charge in [-0.25, -0.2) is 4.79 Å². The van der Waals surface area contributed by atoms with Crippen molar-refractivity contribution in [3.05, 3.63) is 92.1 Å². The van der Waals surface area contributed by atoms with E-state index in [1.807, 2.05) is 6.07 Å². The molecule has 8 heteroatoms. The number of rotatable bonds is 7. The summed E-state index contributed by atoms with van der Waals surface area (Å²) in [5.74, 6) is 0.316. The van der Waals surface area contributed by atoms with E-state index in [-0.39, 0.29) is 24.0 Å². The summed E-state index contributed by atoms with van der Waals surface area (Å²) in [6, 6.07) is 17.7. The minimum atomic E-state index is -0.664. The number of nitrogens with one attached hydrogen (secondary N) is 2. The van der Waals surface area contributed by atoms with Gasteiger partial charge in [0.15, 0.2) is 0 Å². The maximum atomic E-state index is 12.3. The number of likely N-dealkylation sites (tertiary alicyclic amines) is 1. The van der Waals surface area contributed by atoms with Crippen LogP contribution in [0.4, 0.5) is 0 Å². The topological polar surface area (TPSA) is 101 Å². The minimum absolute atomic E-state index is 0.00201. The molecule has 0 bridgehead atoms. The molecule has 0 radical (unpaired) electrons. The van der Waals surface area contributed by atoms with E-state index in [9.17, 15) is 14.7 Å². The van der Waals surface area contributed by atoms with E-state index in [0.717, 1.165) is 42.6 Å². The Morgan fingerprint density at radius 2 is 1.79 bits per heavy atom. The number of hydrogen-bond donors (Lipinski definition) is 3. The van der Waals surface area contributed by atoms with Crippen molar-refractivity contribution >= 4 is 6.21 Å². The van der Waals surface area contributed by atoms with Crippen LogP contribution in [0.25, 0.3) is 0 Å². The van der Waals surface area contributed by atoms with Gasteiger partial charge in [-0.05, 0) is 17.7 Å². The first-order valence-corrected chi connectivity index (χ1v) is 11.1. The Balaban J connectivity index is 1.44. The molecule has 1 fully saturated rings. The van der Waals surface area contributed by atoms with Crippen LogP contribution in [0.1, 0.15) is 29.5 Å². The van der Waals surface area contributed by atoms with Gasteiger partial charge in [0.2, 0.25) is 5.88 Å². The Bertz CT molecular complexity index is 1210. The van der Waals surface area contributed by atoms with Gasteiger partial charge in [0.25, 0.3) is 5.56 Å². The third kappa shape index (κ3) is 5.59. The van der Waals surface area contributed by atoms with Crippen LogP contribution in [0.15, 0.2) is 69.2 Å². The number of hydrogen-bond acceptors (Lipinski definition) is 5. The molecule has 0 atom stereocenters. The van der Waals surface area contributed by atoms with Crippen molar-refractivity contribution in [3.63, 3.8) is 0 Å². The lowest BCUT2D eigenvalue weighted by molar-refractivity contribution is -0.918. The number of ether oxygens (including phenoxy) is 1. The van der Waals surface area contributed by atoms with Crippen LogP contribution >= 0.6 is 0 Å². The predicted molar refractivity (Wildman–Crippen MR) is 127 cm³/mol. The number of nitrogens with zero attached hydrogens (tertiary/aromatic N) is 2. The van der Waals surface area contributed by atoms with Crippen molar-refractivity contribution in [2.75, 3.05) is 20.2 Å². The van der Waals surface area contributed by atoms with Crippen molar-refractivity contribution in [2.24, 2.45) is 4.99 Å². The number of quaternary nitrogens is 1. The maximum absolute atomic E-state index is 12.3. The second-order valence-electron chi connectivity index (χ2n) is 8.35. The summed E-state index contributed by atoms with van der Waals surface area (Å²) in [4.78, 5) is 33.0. The fraction of sp³-hybridized carbons (Fsp3) is 0.320. The number of aromatic hydroxyl groups is 1. The molecule has 3 N–H and O–H groups in total. The number of benzene rings is 2. The van der Waals surface area contributed by atoms with E-state index in [1.54, 1.807) is 31.4 Å². The van der Waals surface area contributed by atoms with Crippen molar-refractivity contribution in [1.29, 1.82) is 0 Å². The highest BCUT2D eigenvalue weighted by Gasteiger charge is 2.22. The molecule has 2 aromatic carbocycles. The van der Waals surface area contributed by atoms with Gasteiger partial charge >= 0.3 is 5.69 Å². The quantitative estimate of drug-likeness (QED) is 0.468. The maximum Gasteiger partial charge on any atom is 0.331 e. The zero-order chi connectivity index (χ0) is 23.2. The molecule has 1 aliphatic rings. The van der Waals surface area contributed by atoms with Crippen molar-refractivity contribution in [1.82, 2.24) is 9.55 Å². The van der Waals surface area contributed by atoms with Gasteiger partial charge in [-0.1, -0.05) is 42.5 Å². The number of aliphatic imine (C=N–C) groups is 1. The van der Waals surface area contributed by atoms with Crippen LogP contribution in [-0.4, -0.2) is 47.1 Å². The van der Waals surface area contributed by atoms with E-state index in [4.69, 9.17) is 4.74 Å². The summed E-state index contributed by atoms with van der Waals surface area (Å²) >= 11 is 0. The second-order valence-corrected chi connectivity index (χ2v) is 8.35. The highest BCUT2D eigenvalue weighted by molar-refractivity contribution is 5.82. The molecule has 0 aliphatic carbocycles. The number of piperidine rings is 1. The molecule has 0 amide bonds. The molecule has 0 saturated carbocycles. The molecule has 0 unspecified atom stereocenters. The van der Waals surface area contributed by atoms with E-state index in [0.29, 0.717) is 5.75 Å². The van der Waals surface area contributed by atoms with Crippen molar-refractivity contribution in [3.8, 4) is 11.6 Å². The normalized spacial score (nSPS) is 18.5. The standard InChI is InChI=1S/C25H28N4O4/c1-33-21-9-7-19(8-10-21)17-29-24(31)22(23(30)27-25(29)32)15-26-20-11-13-28(14-12-20)16-18-5-3-2-4-6-18/h2-10,15,20,31H,11-14,16-17H2,1H3,(H,27,30,32)/p+1. The Hall–Kier alpha value is -3.65. The zero-order valence-electron chi connectivity index (χ0n) is 18.7. The summed E-state index contributed by atoms with van der Waals surface area (Å²) in [6.07, 6.45) is 3.22. The summed E-state index contributed by atoms with van der Waals surface area (Å²) in [5.41, 5.74) is 0.812. The molecule has 3 aromatic rings. The number of aromatic amines is 1. The lowest BCUT2D eigenvalue weighted by Gasteiger charge is -2.27. The smallest absolute Gasteiger partial charge is 0.331 e. The molecule has 172 valence electrons. The average molecular weight is 450 g/mol. The fourth-order valence-corrected chi connectivity index (χ4v) is 4.15. The molecule has 0 spiro atoms. The van der Waals surface area contributed by atoms with E-state index in [2.05, 4.69) is 34.2 Å². The lowest BCUT2D eigenvalue weighted by atomic mass is 10.0. The summed E-state index contributed by atoms with van der Waals surface area (Å²) < 4.78 is 6.28. The van der Waals surface area contributed by atoms with Gasteiger partial charge < -0.3 is 14.7 Å². The van der Waals surface area contributed by atoms with Gasteiger partial charge in [-0.2, -0.15) is 0 Å². The van der Waals surface area contributed by atoms with Gasteiger partial charge in [0.1, 0.15) is 17.9 Å². The van der Waals surface area contributed by atoms with E-state index >= 15 is 0 Å². The van der Waals surface area contributed by atoms with E-state index < -0.39 is 11.2 Å². The van der Waals surface area contributed by atoms with Gasteiger partial charge in [0.05, 0.1) is 32.8 Å². The Labute approximate surface area is 191 Å². The summed E-state index contributed by atoms with van der Waals surface area (Å²) in [6.45, 7) is 3.11. The first-order valence-electron chi connectivity index (χ1n) is 11.1. The van der Waals surface area contributed by atoms with Crippen LogP contribution in [0.3, 0.4) is 0 Å². The fourth-order valence-electron chi connectivity index (χ4n) is 4.15.